The summed E-state index contributed by atoms with van der Waals surface area (Å²) < 4.78 is 22.7. The summed E-state index contributed by atoms with van der Waals surface area (Å²) in [6.45, 7) is 4.66. The molecule has 0 aromatic carbocycles. The maximum atomic E-state index is 12.9. The van der Waals surface area contributed by atoms with Gasteiger partial charge in [0.05, 0.1) is 40.3 Å². The van der Waals surface area contributed by atoms with Crippen LogP contribution in [0, 0.1) is 0 Å². The first-order chi connectivity index (χ1) is 37.1. The molecule has 0 aliphatic carbocycles. The van der Waals surface area contributed by atoms with Gasteiger partial charge < -0.3 is 33.3 Å². The zero-order chi connectivity index (χ0) is 55.5. The number of allylic oxidation sites excluding steroid dienone is 8. The highest BCUT2D eigenvalue weighted by molar-refractivity contribution is 5.70. The van der Waals surface area contributed by atoms with Gasteiger partial charge in [0.2, 0.25) is 0 Å². The van der Waals surface area contributed by atoms with E-state index in [9.17, 15) is 19.5 Å². The Morgan fingerprint density at radius 1 is 0.408 bits per heavy atom. The second kappa shape index (κ2) is 58.4. The topological polar surface area (TPSA) is 111 Å². The van der Waals surface area contributed by atoms with Crippen LogP contribution in [0.1, 0.15) is 303 Å². The van der Waals surface area contributed by atoms with Crippen molar-refractivity contribution in [3.63, 3.8) is 0 Å². The van der Waals surface area contributed by atoms with Crippen molar-refractivity contribution in [2.75, 3.05) is 47.5 Å². The Labute approximate surface area is 470 Å². The second-order valence-electron chi connectivity index (χ2n) is 23.0. The molecule has 0 aliphatic rings. The van der Waals surface area contributed by atoms with Gasteiger partial charge in [0.15, 0.2) is 12.4 Å². The van der Waals surface area contributed by atoms with E-state index in [1.807, 2.05) is 21.1 Å². The van der Waals surface area contributed by atoms with Gasteiger partial charge in [-0.15, -0.1) is 0 Å². The van der Waals surface area contributed by atoms with Crippen molar-refractivity contribution < 1.29 is 42.9 Å². The minimum absolute atomic E-state index is 0.145. The minimum Gasteiger partial charge on any atom is -0.545 e. The van der Waals surface area contributed by atoms with Crippen molar-refractivity contribution in [1.29, 1.82) is 0 Å². The van der Waals surface area contributed by atoms with Crippen LogP contribution in [-0.2, 0) is 33.3 Å². The molecule has 444 valence electrons. The number of carboxylic acids is 1. The third-order valence-electron chi connectivity index (χ3n) is 14.3. The van der Waals surface area contributed by atoms with Gasteiger partial charge in [0.25, 0.3) is 0 Å². The summed E-state index contributed by atoms with van der Waals surface area (Å²) in [5, 5.41) is 11.8. The molecule has 0 saturated carbocycles. The molecule has 9 nitrogen and oxygen atoms in total. The third kappa shape index (κ3) is 58.9. The fourth-order valence-electron chi connectivity index (χ4n) is 9.41. The van der Waals surface area contributed by atoms with Gasteiger partial charge in [-0.2, -0.15) is 0 Å². The van der Waals surface area contributed by atoms with E-state index in [1.165, 1.54) is 186 Å². The zero-order valence-corrected chi connectivity index (χ0v) is 50.6. The Morgan fingerprint density at radius 3 is 1.12 bits per heavy atom. The van der Waals surface area contributed by atoms with Crippen LogP contribution in [0.5, 0.6) is 0 Å². The van der Waals surface area contributed by atoms with E-state index >= 15 is 0 Å². The molecule has 0 aliphatic heterocycles. The van der Waals surface area contributed by atoms with Crippen molar-refractivity contribution >= 4 is 17.9 Å². The van der Waals surface area contributed by atoms with Crippen molar-refractivity contribution in [1.82, 2.24) is 0 Å². The Bertz CT molecular complexity index is 1380. The molecule has 76 heavy (non-hydrogen) atoms. The highest BCUT2D eigenvalue weighted by atomic mass is 16.7. The molecule has 2 atom stereocenters. The molecule has 0 amide bonds. The van der Waals surface area contributed by atoms with E-state index in [0.717, 1.165) is 83.5 Å². The van der Waals surface area contributed by atoms with Crippen molar-refractivity contribution in [3.05, 3.63) is 48.6 Å². The van der Waals surface area contributed by atoms with E-state index in [-0.39, 0.29) is 32.2 Å². The molecular weight excluding hydrogens is 947 g/mol. The van der Waals surface area contributed by atoms with E-state index in [0.29, 0.717) is 23.9 Å². The fourth-order valence-corrected chi connectivity index (χ4v) is 9.41. The van der Waals surface area contributed by atoms with Gasteiger partial charge in [0, 0.05) is 12.8 Å². The number of carbonyl (C=O) groups is 3. The Kier molecular flexibility index (Phi) is 56.3. The standard InChI is InChI=1S/C67H123NO8/c1-6-8-10-12-14-16-18-20-22-24-26-27-28-29-30-31-32-33-34-35-36-37-38-40-41-43-45-47-49-51-53-55-57-64(69)74-61-63(62-75-67(66(71)72)73-60-59-68(3,4)5)76-65(70)58-56-54-52-50-48-46-44-42-39-25-23-21-19-17-15-13-11-9-7-2/h9,11,15,17,21,23,39,42,63,67H,6-8,10,12-14,16,18-20,22,24-38,40-41,43-62H2,1-5H3/b11-9-,17-15-,23-21-,42-39-. The Morgan fingerprint density at radius 2 is 0.750 bits per heavy atom. The summed E-state index contributed by atoms with van der Waals surface area (Å²) in [7, 11) is 5.92. The maximum absolute atomic E-state index is 12.9. The van der Waals surface area contributed by atoms with Crippen LogP contribution >= 0.6 is 0 Å². The lowest BCUT2D eigenvalue weighted by atomic mass is 10.0. The highest BCUT2D eigenvalue weighted by Gasteiger charge is 2.22. The van der Waals surface area contributed by atoms with Crippen molar-refractivity contribution in [2.45, 2.75) is 315 Å². The van der Waals surface area contributed by atoms with Gasteiger partial charge in [-0.1, -0.05) is 287 Å². The first-order valence-corrected chi connectivity index (χ1v) is 32.3. The van der Waals surface area contributed by atoms with Crippen LogP contribution in [0.25, 0.3) is 0 Å². The number of quaternary nitrogens is 1. The number of unbranched alkanes of at least 4 members (excludes halogenated alkanes) is 37. The third-order valence-corrected chi connectivity index (χ3v) is 14.3. The zero-order valence-electron chi connectivity index (χ0n) is 50.6. The van der Waals surface area contributed by atoms with E-state index in [4.69, 9.17) is 18.9 Å². The number of carboxylic acid groups (broad SMARTS) is 1. The molecule has 0 saturated heterocycles. The number of ether oxygens (including phenoxy) is 4. The SMILES string of the molecule is CC/C=C\C/C=C\C/C=C\C/C=C\CCCCCCCCC(=O)OC(COC(=O)CCCCCCCCCCCCCCCCCCCCCCCCCCCCCCCCCC)COC(OCC[N+](C)(C)C)C(=O)[O-]. The summed E-state index contributed by atoms with van der Waals surface area (Å²) in [5.74, 6) is -2.29. The molecule has 0 spiro atoms. The van der Waals surface area contributed by atoms with Crippen LogP contribution < -0.4 is 5.11 Å². The second-order valence-corrected chi connectivity index (χ2v) is 23.0. The first-order valence-electron chi connectivity index (χ1n) is 32.3. The smallest absolute Gasteiger partial charge is 0.306 e. The largest absolute Gasteiger partial charge is 0.545 e. The van der Waals surface area contributed by atoms with Crippen molar-refractivity contribution in [2.24, 2.45) is 0 Å². The van der Waals surface area contributed by atoms with Gasteiger partial charge in [0.1, 0.15) is 13.2 Å². The Hall–Kier alpha value is -2.75. The predicted molar refractivity (Wildman–Crippen MR) is 320 cm³/mol. The first kappa shape index (κ1) is 73.2. The van der Waals surface area contributed by atoms with Crippen LogP contribution in [-0.4, -0.2) is 82.3 Å². The Balaban J connectivity index is 4.07. The summed E-state index contributed by atoms with van der Waals surface area (Å²) in [6.07, 6.45) is 70.5. The van der Waals surface area contributed by atoms with Gasteiger partial charge in [-0.05, 0) is 51.4 Å². The lowest BCUT2D eigenvalue weighted by Crippen LogP contribution is -2.44. The van der Waals surface area contributed by atoms with E-state index in [1.54, 1.807) is 0 Å². The predicted octanol–water partition coefficient (Wildman–Crippen LogP) is 18.1. The molecule has 0 fully saturated rings. The molecule has 0 heterocycles. The minimum atomic E-state index is -1.63. The summed E-state index contributed by atoms with van der Waals surface area (Å²) >= 11 is 0. The summed E-state index contributed by atoms with van der Waals surface area (Å²) in [5.41, 5.74) is 0. The van der Waals surface area contributed by atoms with Gasteiger partial charge in [-0.3, -0.25) is 9.59 Å². The van der Waals surface area contributed by atoms with E-state index in [2.05, 4.69) is 62.5 Å². The molecular formula is C67H123NO8. The number of hydrogen-bond donors (Lipinski definition) is 0. The lowest BCUT2D eigenvalue weighted by Gasteiger charge is -2.26. The van der Waals surface area contributed by atoms with Crippen LogP contribution in [0.2, 0.25) is 0 Å². The molecule has 0 aromatic heterocycles. The molecule has 9 heteroatoms. The average molecular weight is 1070 g/mol. The summed E-state index contributed by atoms with van der Waals surface area (Å²) in [6, 6.07) is 0. The lowest BCUT2D eigenvalue weighted by molar-refractivity contribution is -0.870. The number of rotatable bonds is 60. The van der Waals surface area contributed by atoms with Crippen LogP contribution in [0.4, 0.5) is 0 Å². The molecule has 2 unspecified atom stereocenters. The number of hydrogen-bond acceptors (Lipinski definition) is 8. The number of aliphatic carboxylic acids is 1. The molecule has 0 aromatic rings. The van der Waals surface area contributed by atoms with Crippen LogP contribution in [0.3, 0.4) is 0 Å². The molecule has 0 bridgehead atoms. The average Bonchev–Trinajstić information content (AvgIpc) is 3.39. The molecule has 0 N–H and O–H groups in total. The van der Waals surface area contributed by atoms with Crippen molar-refractivity contribution in [3.8, 4) is 0 Å². The molecule has 0 radical (unpaired) electrons. The van der Waals surface area contributed by atoms with Gasteiger partial charge >= 0.3 is 11.9 Å². The maximum Gasteiger partial charge on any atom is 0.306 e. The van der Waals surface area contributed by atoms with Gasteiger partial charge in [-0.25, -0.2) is 0 Å². The van der Waals surface area contributed by atoms with Crippen LogP contribution in [0.15, 0.2) is 48.6 Å². The number of likely N-dealkylation sites (N-methyl/N-ethyl adjacent to an activating group) is 1. The fraction of sp³-hybridized carbons (Fsp3) is 0.836. The highest BCUT2D eigenvalue weighted by Crippen LogP contribution is 2.18. The monoisotopic (exact) mass is 1070 g/mol. The molecule has 0 rings (SSSR count). The number of esters is 2. The quantitative estimate of drug-likeness (QED) is 0.0195. The number of carbonyl (C=O) groups excluding carboxylic acids is 3. The number of nitrogens with zero attached hydrogens (tertiary/aromatic N) is 1. The summed E-state index contributed by atoms with van der Waals surface area (Å²) in [4.78, 5) is 37.3. The normalized spacial score (nSPS) is 13.0. The van der Waals surface area contributed by atoms with E-state index < -0.39 is 24.3 Å².